The molecule has 0 aliphatic rings. The zero-order valence-electron chi connectivity index (χ0n) is 23.1. The molecule has 0 bridgehead atoms. The lowest BCUT2D eigenvalue weighted by atomic mass is 9.82. The fraction of sp³-hybridized carbons (Fsp3) is 0.267. The third-order valence-electron chi connectivity index (χ3n) is 6.45. The molecule has 0 amide bonds. The fourth-order valence-electron chi connectivity index (χ4n) is 4.41. The summed E-state index contributed by atoms with van der Waals surface area (Å²) in [5, 5.41) is 24.3. The van der Waals surface area contributed by atoms with Crippen molar-refractivity contribution in [2.45, 2.75) is 57.3 Å². The van der Waals surface area contributed by atoms with E-state index in [1.54, 1.807) is 57.2 Å². The van der Waals surface area contributed by atoms with Crippen LogP contribution in [0.25, 0.3) is 22.2 Å². The maximum atomic E-state index is 13.8. The Hall–Kier alpha value is -4.31. The van der Waals surface area contributed by atoms with E-state index >= 15 is 0 Å². The molecule has 0 saturated carbocycles. The van der Waals surface area contributed by atoms with E-state index in [-0.39, 0.29) is 33.0 Å². The fourth-order valence-corrected chi connectivity index (χ4v) is 5.36. The molecule has 4 aromatic rings. The molecular weight excluding hydrogens is 532 g/mol. The minimum Gasteiger partial charge on any atom is -0.507 e. The molecule has 40 heavy (non-hydrogen) atoms. The number of hydrogen-bond acceptors (Lipinski definition) is 8. The van der Waals surface area contributed by atoms with Crippen molar-refractivity contribution in [1.29, 1.82) is 0 Å². The number of nitrogens with zero attached hydrogens (tertiary/aromatic N) is 2. The Morgan fingerprint density at radius 3 is 2.08 bits per heavy atom. The molecule has 0 aliphatic carbocycles. The Morgan fingerprint density at radius 2 is 1.50 bits per heavy atom. The molecule has 0 radical (unpaired) electrons. The molecule has 0 saturated heterocycles. The highest BCUT2D eigenvalue weighted by atomic mass is 32.2. The number of fused-ring (bicyclic) bond motifs is 1. The van der Waals surface area contributed by atoms with Gasteiger partial charge in [-0.25, -0.2) is 4.98 Å². The first-order chi connectivity index (χ1) is 18.5. The van der Waals surface area contributed by atoms with Gasteiger partial charge in [0.15, 0.2) is 5.75 Å². The summed E-state index contributed by atoms with van der Waals surface area (Å²) in [6, 6.07) is 16.8. The predicted molar refractivity (Wildman–Crippen MR) is 153 cm³/mol. The highest BCUT2D eigenvalue weighted by molar-refractivity contribution is 7.87. The van der Waals surface area contributed by atoms with E-state index in [2.05, 4.69) is 4.98 Å². The summed E-state index contributed by atoms with van der Waals surface area (Å²) in [5.41, 5.74) is -2.97. The highest BCUT2D eigenvalue weighted by Gasteiger charge is 2.34. The lowest BCUT2D eigenvalue weighted by Gasteiger charge is -2.22. The van der Waals surface area contributed by atoms with Crippen molar-refractivity contribution in [3.63, 3.8) is 0 Å². The van der Waals surface area contributed by atoms with Crippen LogP contribution in [-0.2, 0) is 20.9 Å². The quantitative estimate of drug-likeness (QED) is 0.171. The van der Waals surface area contributed by atoms with E-state index < -0.39 is 42.7 Å². The molecular formula is C30H30N2O7S. The summed E-state index contributed by atoms with van der Waals surface area (Å²) in [6.45, 7) is 10.7. The first-order valence-corrected chi connectivity index (χ1v) is 13.9. The van der Waals surface area contributed by atoms with Crippen molar-refractivity contribution in [3.8, 4) is 22.8 Å². The van der Waals surface area contributed by atoms with Crippen molar-refractivity contribution in [3.05, 3.63) is 98.2 Å². The number of para-hydroxylation sites is 1. The lowest BCUT2D eigenvalue weighted by Crippen LogP contribution is -2.19. The van der Waals surface area contributed by atoms with E-state index in [0.29, 0.717) is 10.9 Å². The van der Waals surface area contributed by atoms with Gasteiger partial charge in [0.2, 0.25) is 0 Å². The number of nitro groups is 1. The highest BCUT2D eigenvalue weighted by Crippen LogP contribution is 2.41. The zero-order chi connectivity index (χ0) is 29.6. The Bertz CT molecular complexity index is 1810. The van der Waals surface area contributed by atoms with E-state index in [1.807, 2.05) is 20.8 Å². The van der Waals surface area contributed by atoms with Gasteiger partial charge in [-0.3, -0.25) is 14.9 Å². The predicted octanol–water partition coefficient (Wildman–Crippen LogP) is 6.24. The summed E-state index contributed by atoms with van der Waals surface area (Å²) in [4.78, 5) is 29.8. The maximum absolute atomic E-state index is 13.8. The van der Waals surface area contributed by atoms with E-state index in [1.165, 1.54) is 30.3 Å². The molecule has 0 atom stereocenters. The minimum atomic E-state index is -4.22. The van der Waals surface area contributed by atoms with Gasteiger partial charge in [-0.05, 0) is 41.2 Å². The van der Waals surface area contributed by atoms with Crippen LogP contribution < -0.4 is 9.61 Å². The SMILES string of the molecule is CC(C)(C)c1cc(C(C)(C)C)c([N+](=O)[O-])c(=O)c(-c2ccc3cccc(OS(=O)(=O)c4ccccc4)c3n2)c1O. The Labute approximate surface area is 232 Å². The molecule has 1 heterocycles. The number of benzene rings is 2. The molecule has 0 aliphatic heterocycles. The van der Waals surface area contributed by atoms with Gasteiger partial charge in [0.1, 0.15) is 16.2 Å². The smallest absolute Gasteiger partial charge is 0.339 e. The van der Waals surface area contributed by atoms with Crippen molar-refractivity contribution >= 4 is 26.7 Å². The second-order valence-corrected chi connectivity index (χ2v) is 13.1. The van der Waals surface area contributed by atoms with Gasteiger partial charge in [-0.2, -0.15) is 8.42 Å². The van der Waals surface area contributed by atoms with Gasteiger partial charge in [-0.15, -0.1) is 0 Å². The second-order valence-electron chi connectivity index (χ2n) is 11.5. The molecule has 4 rings (SSSR count). The maximum Gasteiger partial charge on any atom is 0.339 e. The minimum absolute atomic E-state index is 0.0575. The number of pyridine rings is 1. The van der Waals surface area contributed by atoms with E-state index in [9.17, 15) is 28.4 Å². The lowest BCUT2D eigenvalue weighted by molar-refractivity contribution is -0.387. The third kappa shape index (κ3) is 5.40. The van der Waals surface area contributed by atoms with Gasteiger partial charge >= 0.3 is 15.8 Å². The number of aromatic hydroxyl groups is 1. The van der Waals surface area contributed by atoms with Crippen molar-refractivity contribution < 1.29 is 22.6 Å². The van der Waals surface area contributed by atoms with Gasteiger partial charge < -0.3 is 9.29 Å². The van der Waals surface area contributed by atoms with Crippen LogP contribution in [-0.4, -0.2) is 23.4 Å². The molecule has 0 unspecified atom stereocenters. The van der Waals surface area contributed by atoms with Crippen LogP contribution >= 0.6 is 0 Å². The van der Waals surface area contributed by atoms with Gasteiger partial charge in [-0.1, -0.05) is 77.9 Å². The average Bonchev–Trinajstić information content (AvgIpc) is 2.97. The number of aromatic nitrogens is 1. The summed E-state index contributed by atoms with van der Waals surface area (Å²) >= 11 is 0. The Kier molecular flexibility index (Phi) is 7.19. The average molecular weight is 563 g/mol. The normalized spacial score (nSPS) is 12.3. The Balaban J connectivity index is 2.06. The van der Waals surface area contributed by atoms with Crippen LogP contribution in [0.2, 0.25) is 0 Å². The number of rotatable bonds is 5. The van der Waals surface area contributed by atoms with Crippen LogP contribution in [0.4, 0.5) is 5.69 Å². The molecule has 1 N–H and O–H groups in total. The molecule has 10 heteroatoms. The summed E-state index contributed by atoms with van der Waals surface area (Å²) in [6.07, 6.45) is 0. The summed E-state index contributed by atoms with van der Waals surface area (Å²) in [7, 11) is -4.22. The molecule has 3 aromatic carbocycles. The Morgan fingerprint density at radius 1 is 0.875 bits per heavy atom. The molecule has 0 spiro atoms. The second kappa shape index (κ2) is 10.0. The van der Waals surface area contributed by atoms with Crippen LogP contribution in [0, 0.1) is 10.1 Å². The summed E-state index contributed by atoms with van der Waals surface area (Å²) < 4.78 is 31.3. The van der Waals surface area contributed by atoms with Gasteiger partial charge in [0.05, 0.1) is 16.2 Å². The molecule has 9 nitrogen and oxygen atoms in total. The number of hydrogen-bond donors (Lipinski definition) is 1. The zero-order valence-corrected chi connectivity index (χ0v) is 23.9. The molecule has 0 fully saturated rings. The van der Waals surface area contributed by atoms with Gasteiger partial charge in [0.25, 0.3) is 5.43 Å². The van der Waals surface area contributed by atoms with E-state index in [4.69, 9.17) is 4.18 Å². The molecule has 1 aromatic heterocycles. The first kappa shape index (κ1) is 28.7. The monoisotopic (exact) mass is 562 g/mol. The van der Waals surface area contributed by atoms with Crippen LogP contribution in [0.1, 0.15) is 52.7 Å². The first-order valence-electron chi connectivity index (χ1n) is 12.5. The van der Waals surface area contributed by atoms with Gasteiger partial charge in [0, 0.05) is 16.5 Å². The largest absolute Gasteiger partial charge is 0.507 e. The topological polar surface area (TPSA) is 137 Å². The standard InChI is InChI=1S/C30H30N2O7S/c1-29(2,3)20-17-21(30(4,5)6)27(33)24(28(34)26(20)32(35)36)22-16-15-18-11-10-14-23(25(18)31-22)39-40(37,38)19-12-8-7-9-13-19/h7-17,33H,1-6H3. The van der Waals surface area contributed by atoms with Crippen LogP contribution in [0.3, 0.4) is 0 Å². The van der Waals surface area contributed by atoms with E-state index in [0.717, 1.165) is 0 Å². The van der Waals surface area contributed by atoms with Crippen molar-refractivity contribution in [2.75, 3.05) is 0 Å². The third-order valence-corrected chi connectivity index (χ3v) is 7.70. The molecule has 208 valence electrons. The van der Waals surface area contributed by atoms with Crippen LogP contribution in [0.15, 0.2) is 76.4 Å². The van der Waals surface area contributed by atoms with Crippen molar-refractivity contribution in [1.82, 2.24) is 4.98 Å². The van der Waals surface area contributed by atoms with Crippen molar-refractivity contribution in [2.24, 2.45) is 0 Å². The van der Waals surface area contributed by atoms with Crippen LogP contribution in [0.5, 0.6) is 11.5 Å². The summed E-state index contributed by atoms with van der Waals surface area (Å²) in [5.74, 6) is -0.533.